The van der Waals surface area contributed by atoms with Crippen LogP contribution in [0.1, 0.15) is 18.2 Å². The summed E-state index contributed by atoms with van der Waals surface area (Å²) in [7, 11) is 1.80. The predicted molar refractivity (Wildman–Crippen MR) is 72.2 cm³/mol. The van der Waals surface area contributed by atoms with Crippen LogP contribution in [-0.4, -0.2) is 22.4 Å². The van der Waals surface area contributed by atoms with Crippen molar-refractivity contribution in [3.63, 3.8) is 0 Å². The summed E-state index contributed by atoms with van der Waals surface area (Å²) in [5.41, 5.74) is 2.39. The fraction of sp³-hybridized carbons (Fsp3) is 0.267. The maximum absolute atomic E-state index is 11.8. The molecule has 0 N–H and O–H groups in total. The Labute approximate surface area is 106 Å². The summed E-state index contributed by atoms with van der Waals surface area (Å²) in [6.07, 6.45) is 4.50. The molecule has 0 bridgehead atoms. The van der Waals surface area contributed by atoms with Crippen LogP contribution in [0, 0.1) is 6.92 Å². The zero-order valence-corrected chi connectivity index (χ0v) is 10.6. The molecule has 0 saturated carbocycles. The summed E-state index contributed by atoms with van der Waals surface area (Å²) >= 11 is 0. The van der Waals surface area contributed by atoms with Gasteiger partial charge >= 0.3 is 0 Å². The number of para-hydroxylation sites is 1. The van der Waals surface area contributed by atoms with Crippen molar-refractivity contribution in [2.45, 2.75) is 19.4 Å². The van der Waals surface area contributed by atoms with E-state index in [4.69, 9.17) is 0 Å². The number of rotatable bonds is 1. The molecular weight excluding hydrogens is 224 g/mol. The van der Waals surface area contributed by atoms with Gasteiger partial charge in [0.2, 0.25) is 5.91 Å². The quantitative estimate of drug-likeness (QED) is 0.752. The lowest BCUT2D eigenvalue weighted by atomic mass is 10.1. The molecule has 1 unspecified atom stereocenters. The molecule has 0 fully saturated rings. The minimum atomic E-state index is 0.133. The van der Waals surface area contributed by atoms with Crippen LogP contribution < -0.4 is 0 Å². The minimum absolute atomic E-state index is 0.133. The van der Waals surface area contributed by atoms with Gasteiger partial charge < -0.3 is 9.47 Å². The topological polar surface area (TPSA) is 25.2 Å². The molecule has 1 aromatic carbocycles. The number of carbonyl (C=O) groups excluding carboxylic acids is 1. The molecule has 0 aliphatic carbocycles. The van der Waals surface area contributed by atoms with Gasteiger partial charge in [-0.05, 0) is 30.5 Å². The Morgan fingerprint density at radius 3 is 2.83 bits per heavy atom. The molecule has 1 amide bonds. The number of aryl methyl sites for hydroxylation is 1. The highest BCUT2D eigenvalue weighted by molar-refractivity contribution is 5.83. The van der Waals surface area contributed by atoms with E-state index in [2.05, 4.69) is 35.8 Å². The normalized spacial score (nSPS) is 19.8. The number of benzene rings is 1. The molecule has 3 nitrogen and oxygen atoms in total. The van der Waals surface area contributed by atoms with Gasteiger partial charge in [-0.25, -0.2) is 0 Å². The van der Waals surface area contributed by atoms with E-state index in [9.17, 15) is 4.79 Å². The van der Waals surface area contributed by atoms with E-state index in [1.54, 1.807) is 11.9 Å². The highest BCUT2D eigenvalue weighted by Gasteiger charge is 2.22. The molecule has 2 aromatic rings. The third-order valence-corrected chi connectivity index (χ3v) is 3.58. The lowest BCUT2D eigenvalue weighted by Crippen LogP contribution is -2.28. The number of aromatic nitrogens is 1. The highest BCUT2D eigenvalue weighted by Crippen LogP contribution is 2.28. The molecule has 0 spiro atoms. The van der Waals surface area contributed by atoms with Crippen molar-refractivity contribution in [2.24, 2.45) is 0 Å². The second-order valence-electron chi connectivity index (χ2n) is 4.83. The molecule has 3 heteroatoms. The Bertz CT molecular complexity index is 639. The van der Waals surface area contributed by atoms with Crippen molar-refractivity contribution in [3.8, 4) is 0 Å². The van der Waals surface area contributed by atoms with Gasteiger partial charge in [-0.2, -0.15) is 0 Å². The van der Waals surface area contributed by atoms with E-state index < -0.39 is 0 Å². The lowest BCUT2D eigenvalue weighted by Gasteiger charge is -2.25. The Kier molecular flexibility index (Phi) is 2.47. The standard InChI is InChI=1S/C15H16N2O/c1-11-9-12-5-3-4-6-14(12)17(11)13-7-8-16(2)15(18)10-13/h3-9,13H,10H2,1-2H3. The SMILES string of the molecule is Cc1cc2ccccc2n1C1C=CN(C)C(=O)C1. The average molecular weight is 240 g/mol. The maximum Gasteiger partial charge on any atom is 0.228 e. The van der Waals surface area contributed by atoms with Crippen LogP contribution in [0.25, 0.3) is 10.9 Å². The Balaban J connectivity index is 2.12. The monoisotopic (exact) mass is 240 g/mol. The number of nitrogens with zero attached hydrogens (tertiary/aromatic N) is 2. The number of hydrogen-bond acceptors (Lipinski definition) is 1. The van der Waals surface area contributed by atoms with Crippen molar-refractivity contribution < 1.29 is 4.79 Å². The predicted octanol–water partition coefficient (Wildman–Crippen LogP) is 2.87. The zero-order chi connectivity index (χ0) is 12.7. The molecular formula is C15H16N2O. The van der Waals surface area contributed by atoms with Gasteiger partial charge in [0.05, 0.1) is 12.5 Å². The first-order chi connectivity index (χ1) is 8.66. The van der Waals surface area contributed by atoms with Crippen LogP contribution in [0.4, 0.5) is 0 Å². The van der Waals surface area contributed by atoms with Gasteiger partial charge in [0, 0.05) is 24.5 Å². The third-order valence-electron chi connectivity index (χ3n) is 3.58. The Hall–Kier alpha value is -2.03. The van der Waals surface area contributed by atoms with Crippen molar-refractivity contribution in [1.82, 2.24) is 9.47 Å². The molecule has 2 heterocycles. The molecule has 1 aliphatic heterocycles. The number of allylic oxidation sites excluding steroid dienone is 1. The fourth-order valence-electron chi connectivity index (χ4n) is 2.63. The van der Waals surface area contributed by atoms with Gasteiger partial charge in [0.15, 0.2) is 0 Å². The molecule has 18 heavy (non-hydrogen) atoms. The fourth-order valence-corrected chi connectivity index (χ4v) is 2.63. The maximum atomic E-state index is 11.8. The van der Waals surface area contributed by atoms with Crippen LogP contribution in [0.3, 0.4) is 0 Å². The molecule has 3 rings (SSSR count). The van der Waals surface area contributed by atoms with Crippen LogP contribution >= 0.6 is 0 Å². The second kappa shape index (κ2) is 4.02. The van der Waals surface area contributed by atoms with Crippen molar-refractivity contribution in [1.29, 1.82) is 0 Å². The summed E-state index contributed by atoms with van der Waals surface area (Å²) < 4.78 is 2.25. The number of hydrogen-bond donors (Lipinski definition) is 0. The molecule has 0 saturated heterocycles. The summed E-state index contributed by atoms with van der Waals surface area (Å²) in [5, 5.41) is 1.23. The van der Waals surface area contributed by atoms with Gasteiger partial charge in [-0.1, -0.05) is 18.2 Å². The summed E-state index contributed by atoms with van der Waals surface area (Å²) in [6.45, 7) is 2.09. The van der Waals surface area contributed by atoms with Crippen LogP contribution in [-0.2, 0) is 4.79 Å². The number of carbonyl (C=O) groups is 1. The molecule has 1 aromatic heterocycles. The Morgan fingerprint density at radius 2 is 2.06 bits per heavy atom. The first-order valence-electron chi connectivity index (χ1n) is 6.17. The van der Waals surface area contributed by atoms with E-state index in [1.165, 1.54) is 16.6 Å². The Morgan fingerprint density at radius 1 is 1.28 bits per heavy atom. The van der Waals surface area contributed by atoms with E-state index in [1.807, 2.05) is 18.3 Å². The first kappa shape index (κ1) is 11.1. The van der Waals surface area contributed by atoms with E-state index >= 15 is 0 Å². The van der Waals surface area contributed by atoms with Crippen molar-refractivity contribution in [2.75, 3.05) is 7.05 Å². The van der Waals surface area contributed by atoms with Gasteiger partial charge in [0.1, 0.15) is 0 Å². The molecule has 92 valence electrons. The van der Waals surface area contributed by atoms with Crippen LogP contribution in [0.15, 0.2) is 42.6 Å². The zero-order valence-electron chi connectivity index (χ0n) is 10.6. The molecule has 1 atom stereocenters. The second-order valence-corrected chi connectivity index (χ2v) is 4.83. The lowest BCUT2D eigenvalue weighted by molar-refractivity contribution is -0.128. The smallest absolute Gasteiger partial charge is 0.228 e. The van der Waals surface area contributed by atoms with E-state index in [0.717, 1.165) is 0 Å². The molecule has 1 aliphatic rings. The third kappa shape index (κ3) is 1.63. The van der Waals surface area contributed by atoms with Crippen molar-refractivity contribution in [3.05, 3.63) is 48.3 Å². The van der Waals surface area contributed by atoms with Crippen LogP contribution in [0.2, 0.25) is 0 Å². The molecule has 0 radical (unpaired) electrons. The minimum Gasteiger partial charge on any atom is -0.337 e. The summed E-state index contributed by atoms with van der Waals surface area (Å²) in [6, 6.07) is 10.6. The van der Waals surface area contributed by atoms with Crippen LogP contribution in [0.5, 0.6) is 0 Å². The van der Waals surface area contributed by atoms with Crippen molar-refractivity contribution >= 4 is 16.8 Å². The van der Waals surface area contributed by atoms with E-state index in [-0.39, 0.29) is 11.9 Å². The highest BCUT2D eigenvalue weighted by atomic mass is 16.2. The van der Waals surface area contributed by atoms with Gasteiger partial charge in [0.25, 0.3) is 0 Å². The van der Waals surface area contributed by atoms with Gasteiger partial charge in [-0.15, -0.1) is 0 Å². The largest absolute Gasteiger partial charge is 0.337 e. The average Bonchev–Trinajstić information content (AvgIpc) is 2.69. The van der Waals surface area contributed by atoms with E-state index in [0.29, 0.717) is 6.42 Å². The number of fused-ring (bicyclic) bond motifs is 1. The summed E-state index contributed by atoms with van der Waals surface area (Å²) in [4.78, 5) is 13.5. The van der Waals surface area contributed by atoms with Gasteiger partial charge in [-0.3, -0.25) is 4.79 Å². The number of amides is 1. The summed E-state index contributed by atoms with van der Waals surface area (Å²) in [5.74, 6) is 0.166. The first-order valence-corrected chi connectivity index (χ1v) is 6.17.